The first-order valence-electron chi connectivity index (χ1n) is 9.75. The zero-order valence-corrected chi connectivity index (χ0v) is 17.1. The van der Waals surface area contributed by atoms with Crippen LogP contribution in [0.3, 0.4) is 0 Å². The van der Waals surface area contributed by atoms with Crippen molar-refractivity contribution < 1.29 is 28.5 Å². The van der Waals surface area contributed by atoms with Crippen molar-refractivity contribution >= 4 is 17.8 Å². The second-order valence-electron chi connectivity index (χ2n) is 6.69. The molecule has 0 amide bonds. The largest absolute Gasteiger partial charge is 0.497 e. The minimum Gasteiger partial charge on any atom is -0.497 e. The number of hydrogen-bond donors (Lipinski definition) is 0. The smallest absolute Gasteiger partial charge is 0.343 e. The second kappa shape index (κ2) is 8.75. The van der Waals surface area contributed by atoms with Crippen molar-refractivity contribution in [3.8, 4) is 23.0 Å². The highest BCUT2D eigenvalue weighted by Gasteiger charge is 2.28. The van der Waals surface area contributed by atoms with Crippen LogP contribution in [0.4, 0.5) is 0 Å². The lowest BCUT2D eigenvalue weighted by Gasteiger charge is -2.08. The number of allylic oxidation sites excluding steroid dienone is 1. The summed E-state index contributed by atoms with van der Waals surface area (Å²) < 4.78 is 21.9. The monoisotopic (exact) mass is 416 g/mol. The van der Waals surface area contributed by atoms with E-state index in [9.17, 15) is 9.59 Å². The molecular formula is C25H20O6. The Hall–Kier alpha value is -4.06. The van der Waals surface area contributed by atoms with Crippen molar-refractivity contribution in [3.63, 3.8) is 0 Å². The van der Waals surface area contributed by atoms with E-state index in [2.05, 4.69) is 0 Å². The van der Waals surface area contributed by atoms with Crippen LogP contribution in [0.5, 0.6) is 23.0 Å². The third kappa shape index (κ3) is 4.28. The number of benzene rings is 3. The van der Waals surface area contributed by atoms with Gasteiger partial charge in [0.25, 0.3) is 0 Å². The van der Waals surface area contributed by atoms with E-state index in [1.165, 1.54) is 0 Å². The molecule has 1 heterocycles. The molecule has 3 aromatic carbocycles. The van der Waals surface area contributed by atoms with E-state index in [4.69, 9.17) is 18.9 Å². The Morgan fingerprint density at radius 1 is 1.00 bits per heavy atom. The molecule has 0 fully saturated rings. The van der Waals surface area contributed by atoms with Gasteiger partial charge in [-0.2, -0.15) is 0 Å². The number of ketones is 1. The maximum Gasteiger partial charge on any atom is 0.343 e. The molecule has 0 unspecified atom stereocenters. The van der Waals surface area contributed by atoms with Gasteiger partial charge in [-0.1, -0.05) is 18.2 Å². The van der Waals surface area contributed by atoms with Crippen LogP contribution in [0.15, 0.2) is 72.5 Å². The average molecular weight is 416 g/mol. The van der Waals surface area contributed by atoms with Gasteiger partial charge < -0.3 is 18.9 Å². The van der Waals surface area contributed by atoms with E-state index in [1.807, 2.05) is 6.92 Å². The Labute approximate surface area is 179 Å². The summed E-state index contributed by atoms with van der Waals surface area (Å²) in [5.74, 6) is 1.42. The molecule has 1 aliphatic rings. The molecule has 0 spiro atoms. The zero-order valence-electron chi connectivity index (χ0n) is 17.1. The van der Waals surface area contributed by atoms with E-state index < -0.39 is 5.97 Å². The van der Waals surface area contributed by atoms with Gasteiger partial charge in [0.05, 0.1) is 24.8 Å². The summed E-state index contributed by atoms with van der Waals surface area (Å²) in [6.45, 7) is 2.40. The molecule has 0 bridgehead atoms. The van der Waals surface area contributed by atoms with Crippen molar-refractivity contribution in [1.82, 2.24) is 0 Å². The van der Waals surface area contributed by atoms with Crippen LogP contribution in [-0.2, 0) is 0 Å². The summed E-state index contributed by atoms with van der Waals surface area (Å²) in [5, 5.41) is 0. The molecule has 0 aliphatic carbocycles. The molecule has 3 aromatic rings. The van der Waals surface area contributed by atoms with Gasteiger partial charge in [0.1, 0.15) is 23.0 Å². The van der Waals surface area contributed by atoms with Crippen LogP contribution in [0.1, 0.15) is 33.2 Å². The van der Waals surface area contributed by atoms with Crippen LogP contribution < -0.4 is 18.9 Å². The van der Waals surface area contributed by atoms with Gasteiger partial charge in [-0.3, -0.25) is 4.79 Å². The van der Waals surface area contributed by atoms with Crippen LogP contribution in [0.25, 0.3) is 6.08 Å². The highest BCUT2D eigenvalue weighted by Crippen LogP contribution is 2.35. The standard InChI is InChI=1S/C25H20O6/c1-3-29-19-12-13-20-22(15-19)30-23(24(20)26)14-17-6-4-5-7-21(17)31-25(27)16-8-10-18(28-2)11-9-16/h4-15H,3H2,1-2H3/b23-14-. The fraction of sp³-hybridized carbons (Fsp3) is 0.120. The molecule has 0 N–H and O–H groups in total. The molecule has 6 nitrogen and oxygen atoms in total. The number of hydrogen-bond acceptors (Lipinski definition) is 6. The molecule has 0 radical (unpaired) electrons. The third-order valence-corrected chi connectivity index (χ3v) is 4.69. The fourth-order valence-electron chi connectivity index (χ4n) is 3.14. The van der Waals surface area contributed by atoms with Gasteiger partial charge in [0.15, 0.2) is 5.76 Å². The van der Waals surface area contributed by atoms with Gasteiger partial charge in [0, 0.05) is 11.6 Å². The summed E-state index contributed by atoms with van der Waals surface area (Å²) in [6.07, 6.45) is 1.57. The Morgan fingerprint density at radius 2 is 1.74 bits per heavy atom. The number of carbonyl (C=O) groups excluding carboxylic acids is 2. The SMILES string of the molecule is CCOc1ccc2c(c1)O/C(=C\c1ccccc1OC(=O)c1ccc(OC)cc1)C2=O. The lowest BCUT2D eigenvalue weighted by Crippen LogP contribution is -2.09. The lowest BCUT2D eigenvalue weighted by atomic mass is 10.1. The first-order valence-corrected chi connectivity index (χ1v) is 9.75. The first kappa shape index (κ1) is 20.2. The summed E-state index contributed by atoms with van der Waals surface area (Å²) in [5.41, 5.74) is 1.39. The van der Waals surface area contributed by atoms with Crippen LogP contribution >= 0.6 is 0 Å². The van der Waals surface area contributed by atoms with E-state index >= 15 is 0 Å². The highest BCUT2D eigenvalue weighted by molar-refractivity contribution is 6.14. The first-order chi connectivity index (χ1) is 15.1. The lowest BCUT2D eigenvalue weighted by molar-refractivity contribution is 0.0734. The number of para-hydroxylation sites is 1. The zero-order chi connectivity index (χ0) is 21.8. The minimum absolute atomic E-state index is 0.150. The van der Waals surface area contributed by atoms with Crippen molar-refractivity contribution in [2.75, 3.05) is 13.7 Å². The number of carbonyl (C=O) groups is 2. The molecule has 0 saturated heterocycles. The molecule has 0 atom stereocenters. The molecule has 156 valence electrons. The molecule has 6 heteroatoms. The Balaban J connectivity index is 1.57. The van der Waals surface area contributed by atoms with E-state index in [-0.39, 0.29) is 11.5 Å². The topological polar surface area (TPSA) is 71.1 Å². The average Bonchev–Trinajstić information content (AvgIpc) is 3.10. The van der Waals surface area contributed by atoms with Crippen LogP contribution in [-0.4, -0.2) is 25.5 Å². The maximum atomic E-state index is 12.7. The van der Waals surface area contributed by atoms with Crippen molar-refractivity contribution in [2.45, 2.75) is 6.92 Å². The molecule has 1 aliphatic heterocycles. The van der Waals surface area contributed by atoms with E-state index in [1.54, 1.807) is 79.9 Å². The number of ether oxygens (including phenoxy) is 4. The summed E-state index contributed by atoms with van der Waals surface area (Å²) in [6, 6.07) is 18.7. The van der Waals surface area contributed by atoms with Gasteiger partial charge in [0.2, 0.25) is 5.78 Å². The second-order valence-corrected chi connectivity index (χ2v) is 6.69. The Morgan fingerprint density at radius 3 is 2.48 bits per heavy atom. The van der Waals surface area contributed by atoms with Crippen LogP contribution in [0, 0.1) is 0 Å². The minimum atomic E-state index is -0.517. The number of Topliss-reactive ketones (excluding diaryl/α,β-unsaturated/α-hetero) is 1. The number of rotatable bonds is 6. The number of esters is 1. The molecule has 0 saturated carbocycles. The van der Waals surface area contributed by atoms with Crippen LogP contribution in [0.2, 0.25) is 0 Å². The van der Waals surface area contributed by atoms with E-state index in [0.717, 1.165) is 0 Å². The molecule has 4 rings (SSSR count). The summed E-state index contributed by atoms with van der Waals surface area (Å²) in [7, 11) is 1.55. The van der Waals surface area contributed by atoms with Crippen molar-refractivity contribution in [2.24, 2.45) is 0 Å². The summed E-state index contributed by atoms with van der Waals surface area (Å²) >= 11 is 0. The fourth-order valence-corrected chi connectivity index (χ4v) is 3.14. The predicted octanol–water partition coefficient (Wildman–Crippen LogP) is 4.93. The van der Waals surface area contributed by atoms with Crippen molar-refractivity contribution in [1.29, 1.82) is 0 Å². The Kier molecular flexibility index (Phi) is 5.71. The predicted molar refractivity (Wildman–Crippen MR) is 115 cm³/mol. The van der Waals surface area contributed by atoms with Gasteiger partial charge >= 0.3 is 5.97 Å². The molecule has 31 heavy (non-hydrogen) atoms. The quantitative estimate of drug-likeness (QED) is 0.322. The summed E-state index contributed by atoms with van der Waals surface area (Å²) in [4.78, 5) is 25.3. The highest BCUT2D eigenvalue weighted by atomic mass is 16.5. The van der Waals surface area contributed by atoms with Gasteiger partial charge in [-0.25, -0.2) is 4.79 Å². The number of fused-ring (bicyclic) bond motifs is 1. The molecule has 0 aromatic heterocycles. The normalized spacial score (nSPS) is 13.5. The molecular weight excluding hydrogens is 396 g/mol. The van der Waals surface area contributed by atoms with Crippen molar-refractivity contribution in [3.05, 3.63) is 89.2 Å². The van der Waals surface area contributed by atoms with Gasteiger partial charge in [-0.05, 0) is 55.5 Å². The Bertz CT molecular complexity index is 1160. The van der Waals surface area contributed by atoms with E-state index in [0.29, 0.717) is 46.3 Å². The van der Waals surface area contributed by atoms with Gasteiger partial charge in [-0.15, -0.1) is 0 Å². The maximum absolute atomic E-state index is 12.7. The third-order valence-electron chi connectivity index (χ3n) is 4.69. The number of methoxy groups -OCH3 is 1.